The molecule has 132 valence electrons. The van der Waals surface area contributed by atoms with Crippen molar-refractivity contribution in [3.63, 3.8) is 0 Å². The van der Waals surface area contributed by atoms with Crippen LogP contribution in [0.15, 0.2) is 29.2 Å². The van der Waals surface area contributed by atoms with Crippen LogP contribution >= 0.6 is 0 Å². The first-order valence-electron chi connectivity index (χ1n) is 7.58. The number of carbonyl (C=O) groups is 2. The molecule has 1 aliphatic heterocycles. The number of carbonyl (C=O) groups excluding carboxylic acids is 2. The normalized spacial score (nSPS) is 15.4. The van der Waals surface area contributed by atoms with E-state index in [0.717, 1.165) is 12.1 Å². The third kappa shape index (κ3) is 4.75. The van der Waals surface area contributed by atoms with Gasteiger partial charge < -0.3 is 9.80 Å². The highest BCUT2D eigenvalue weighted by Crippen LogP contribution is 2.10. The lowest BCUT2D eigenvalue weighted by atomic mass is 10.3. The lowest BCUT2D eigenvalue weighted by Crippen LogP contribution is -2.50. The molecule has 0 saturated carbocycles. The van der Waals surface area contributed by atoms with Gasteiger partial charge in [0, 0.05) is 46.1 Å². The Balaban J connectivity index is 1.80. The fourth-order valence-corrected chi connectivity index (χ4v) is 3.45. The summed E-state index contributed by atoms with van der Waals surface area (Å²) in [5, 5.41) is 0. The molecule has 1 saturated heterocycles. The van der Waals surface area contributed by atoms with Crippen LogP contribution in [0.2, 0.25) is 0 Å². The van der Waals surface area contributed by atoms with Crippen molar-refractivity contribution in [1.82, 2.24) is 14.5 Å². The number of nitrogens with one attached hydrogen (secondary N) is 1. The average Bonchev–Trinajstić information content (AvgIpc) is 2.55. The van der Waals surface area contributed by atoms with Crippen LogP contribution in [0.1, 0.15) is 13.3 Å². The van der Waals surface area contributed by atoms with Crippen molar-refractivity contribution < 1.29 is 22.4 Å². The van der Waals surface area contributed by atoms with Crippen LogP contribution in [-0.4, -0.2) is 62.8 Å². The van der Waals surface area contributed by atoms with Crippen molar-refractivity contribution in [2.75, 3.05) is 32.7 Å². The largest absolute Gasteiger partial charge is 0.339 e. The highest BCUT2D eigenvalue weighted by molar-refractivity contribution is 7.89. The Morgan fingerprint density at radius 2 is 1.62 bits per heavy atom. The van der Waals surface area contributed by atoms with E-state index < -0.39 is 15.8 Å². The van der Waals surface area contributed by atoms with Crippen LogP contribution in [0.4, 0.5) is 4.39 Å². The van der Waals surface area contributed by atoms with Gasteiger partial charge in [0.25, 0.3) is 0 Å². The van der Waals surface area contributed by atoms with Gasteiger partial charge in [-0.3, -0.25) is 9.59 Å². The molecule has 0 bridgehead atoms. The van der Waals surface area contributed by atoms with Gasteiger partial charge in [-0.05, 0) is 24.3 Å². The maximum atomic E-state index is 12.8. The van der Waals surface area contributed by atoms with Crippen LogP contribution in [0.5, 0.6) is 0 Å². The van der Waals surface area contributed by atoms with Gasteiger partial charge in [-0.25, -0.2) is 17.5 Å². The van der Waals surface area contributed by atoms with Crippen molar-refractivity contribution in [3.8, 4) is 0 Å². The molecule has 1 heterocycles. The third-order valence-corrected chi connectivity index (χ3v) is 5.31. The Morgan fingerprint density at radius 3 is 2.17 bits per heavy atom. The minimum atomic E-state index is -3.76. The molecular formula is C15H20FN3O4S. The summed E-state index contributed by atoms with van der Waals surface area (Å²) in [7, 11) is -3.76. The van der Waals surface area contributed by atoms with Gasteiger partial charge in [0.1, 0.15) is 5.82 Å². The minimum absolute atomic E-state index is 0.0193. The molecular weight excluding hydrogens is 337 g/mol. The topological polar surface area (TPSA) is 86.8 Å². The van der Waals surface area contributed by atoms with Crippen molar-refractivity contribution in [1.29, 1.82) is 0 Å². The summed E-state index contributed by atoms with van der Waals surface area (Å²) in [4.78, 5) is 26.6. The number of nitrogens with zero attached hydrogens (tertiary/aromatic N) is 2. The van der Waals surface area contributed by atoms with E-state index >= 15 is 0 Å². The molecule has 0 radical (unpaired) electrons. The molecule has 9 heteroatoms. The quantitative estimate of drug-likeness (QED) is 0.815. The first-order valence-corrected chi connectivity index (χ1v) is 9.06. The number of piperazine rings is 1. The lowest BCUT2D eigenvalue weighted by molar-refractivity contribution is -0.138. The van der Waals surface area contributed by atoms with Gasteiger partial charge >= 0.3 is 0 Å². The molecule has 1 N–H and O–H groups in total. The minimum Gasteiger partial charge on any atom is -0.339 e. The molecule has 1 aromatic rings. The Kier molecular flexibility index (Phi) is 5.89. The molecule has 2 amide bonds. The Hall–Kier alpha value is -2.00. The van der Waals surface area contributed by atoms with E-state index in [1.54, 1.807) is 9.80 Å². The molecule has 7 nitrogen and oxygen atoms in total. The fraction of sp³-hybridized carbons (Fsp3) is 0.467. The number of rotatable bonds is 5. The second-order valence-electron chi connectivity index (χ2n) is 5.49. The maximum absolute atomic E-state index is 12.8. The van der Waals surface area contributed by atoms with Crippen molar-refractivity contribution in [2.45, 2.75) is 18.2 Å². The Labute approximate surface area is 140 Å². The molecule has 0 aromatic heterocycles. The summed E-state index contributed by atoms with van der Waals surface area (Å²) in [6.45, 7) is 3.32. The van der Waals surface area contributed by atoms with E-state index in [1.165, 1.54) is 19.1 Å². The molecule has 2 rings (SSSR count). The number of halogens is 1. The van der Waals surface area contributed by atoms with Crippen LogP contribution in [0.3, 0.4) is 0 Å². The van der Waals surface area contributed by atoms with Gasteiger partial charge in [0.2, 0.25) is 21.8 Å². The SMILES string of the molecule is CC(=O)N1CCN(C(=O)CCNS(=O)(=O)c2ccc(F)cc2)CC1. The summed E-state index contributed by atoms with van der Waals surface area (Å²) >= 11 is 0. The van der Waals surface area contributed by atoms with E-state index in [4.69, 9.17) is 0 Å². The zero-order chi connectivity index (χ0) is 17.7. The second kappa shape index (κ2) is 7.71. The molecule has 1 aliphatic rings. The highest BCUT2D eigenvalue weighted by Gasteiger charge is 2.22. The standard InChI is InChI=1S/C15H20FN3O4S/c1-12(20)18-8-10-19(11-9-18)15(21)6-7-17-24(22,23)14-4-2-13(16)3-5-14/h2-5,17H,6-11H2,1H3. The molecule has 0 aliphatic carbocycles. The summed E-state index contributed by atoms with van der Waals surface area (Å²) in [5.74, 6) is -0.706. The van der Waals surface area contributed by atoms with Gasteiger partial charge in [-0.2, -0.15) is 0 Å². The fourth-order valence-electron chi connectivity index (χ4n) is 2.42. The van der Waals surface area contributed by atoms with E-state index in [9.17, 15) is 22.4 Å². The van der Waals surface area contributed by atoms with Gasteiger partial charge in [0.05, 0.1) is 4.90 Å². The number of amides is 2. The molecule has 1 aromatic carbocycles. The van der Waals surface area contributed by atoms with Crippen LogP contribution in [0, 0.1) is 5.82 Å². The third-order valence-electron chi connectivity index (χ3n) is 3.83. The number of benzene rings is 1. The average molecular weight is 357 g/mol. The summed E-state index contributed by atoms with van der Waals surface area (Å²) in [6.07, 6.45) is 0.0283. The number of sulfonamides is 1. The number of hydrogen-bond donors (Lipinski definition) is 1. The zero-order valence-electron chi connectivity index (χ0n) is 13.4. The number of hydrogen-bond acceptors (Lipinski definition) is 4. The lowest BCUT2D eigenvalue weighted by Gasteiger charge is -2.34. The predicted octanol–water partition coefficient (Wildman–Crippen LogP) is 0.185. The van der Waals surface area contributed by atoms with E-state index in [0.29, 0.717) is 26.2 Å². The molecule has 24 heavy (non-hydrogen) atoms. The summed E-state index contributed by atoms with van der Waals surface area (Å²) in [6, 6.07) is 4.46. The Morgan fingerprint density at radius 1 is 1.08 bits per heavy atom. The maximum Gasteiger partial charge on any atom is 0.240 e. The van der Waals surface area contributed by atoms with Gasteiger partial charge in [-0.1, -0.05) is 0 Å². The van der Waals surface area contributed by atoms with E-state index in [2.05, 4.69) is 4.72 Å². The molecule has 1 fully saturated rings. The van der Waals surface area contributed by atoms with Crippen LogP contribution in [0.25, 0.3) is 0 Å². The van der Waals surface area contributed by atoms with Gasteiger partial charge in [-0.15, -0.1) is 0 Å². The molecule has 0 spiro atoms. The monoisotopic (exact) mass is 357 g/mol. The second-order valence-corrected chi connectivity index (χ2v) is 7.26. The zero-order valence-corrected chi connectivity index (χ0v) is 14.2. The summed E-state index contributed by atoms with van der Waals surface area (Å²) in [5.41, 5.74) is 0. The van der Waals surface area contributed by atoms with Crippen molar-refractivity contribution in [3.05, 3.63) is 30.1 Å². The summed E-state index contributed by atoms with van der Waals surface area (Å²) < 4.78 is 39.2. The Bertz CT molecular complexity index is 698. The smallest absolute Gasteiger partial charge is 0.240 e. The first kappa shape index (κ1) is 18.3. The first-order chi connectivity index (χ1) is 11.3. The van der Waals surface area contributed by atoms with Crippen molar-refractivity contribution >= 4 is 21.8 Å². The van der Waals surface area contributed by atoms with Gasteiger partial charge in [0.15, 0.2) is 0 Å². The van der Waals surface area contributed by atoms with E-state index in [1.807, 2.05) is 0 Å². The van der Waals surface area contributed by atoms with E-state index in [-0.39, 0.29) is 29.7 Å². The highest BCUT2D eigenvalue weighted by atomic mass is 32.2. The van der Waals surface area contributed by atoms with Crippen LogP contribution in [-0.2, 0) is 19.6 Å². The van der Waals surface area contributed by atoms with Crippen molar-refractivity contribution in [2.24, 2.45) is 0 Å². The molecule has 0 unspecified atom stereocenters. The predicted molar refractivity (Wildman–Crippen MR) is 85.0 cm³/mol. The molecule has 0 atom stereocenters. The van der Waals surface area contributed by atoms with Crippen LogP contribution < -0.4 is 4.72 Å².